The lowest BCUT2D eigenvalue weighted by Gasteiger charge is -2.04. The first kappa shape index (κ1) is 11.6. The number of aromatic nitrogens is 1. The van der Waals surface area contributed by atoms with E-state index in [1.807, 2.05) is 16.8 Å². The number of carboxylic acid groups (broad SMARTS) is 1. The molecule has 90 valence electrons. The van der Waals surface area contributed by atoms with E-state index in [4.69, 9.17) is 5.11 Å². The number of aliphatic carboxylic acids is 1. The van der Waals surface area contributed by atoms with Gasteiger partial charge in [-0.1, -0.05) is 6.07 Å². The number of carbonyl (C=O) groups is 1. The molecule has 0 aliphatic carbocycles. The molecule has 0 amide bonds. The number of fused-ring (bicyclic) bond motifs is 1. The summed E-state index contributed by atoms with van der Waals surface area (Å²) in [4.78, 5) is 10.4. The predicted octanol–water partition coefficient (Wildman–Crippen LogP) is 3.04. The highest BCUT2D eigenvalue weighted by Gasteiger charge is 2.04. The topological polar surface area (TPSA) is 42.2 Å². The number of halogens is 1. The fourth-order valence-corrected chi connectivity index (χ4v) is 1.94. The summed E-state index contributed by atoms with van der Waals surface area (Å²) in [5.74, 6) is -0.986. The summed E-state index contributed by atoms with van der Waals surface area (Å²) in [6.45, 7) is 0.722. The van der Waals surface area contributed by atoms with Gasteiger partial charge >= 0.3 is 5.97 Å². The molecule has 2 aromatic rings. The summed E-state index contributed by atoms with van der Waals surface area (Å²) in [7, 11) is 0. The third-order valence-corrected chi connectivity index (χ3v) is 2.80. The molecule has 0 saturated carbocycles. The van der Waals surface area contributed by atoms with Crippen molar-refractivity contribution in [3.63, 3.8) is 0 Å². The summed E-state index contributed by atoms with van der Waals surface area (Å²) in [6.07, 6.45) is 3.46. The Balaban J connectivity index is 2.04. The SMILES string of the molecule is O=C(O)CCCCn1ccc2c(F)cccc21. The minimum absolute atomic E-state index is 0.188. The largest absolute Gasteiger partial charge is 0.481 e. The van der Waals surface area contributed by atoms with Crippen LogP contribution in [0.25, 0.3) is 10.9 Å². The van der Waals surface area contributed by atoms with E-state index in [0.29, 0.717) is 11.8 Å². The molecule has 3 nitrogen and oxygen atoms in total. The fraction of sp³-hybridized carbons (Fsp3) is 0.308. The highest BCUT2D eigenvalue weighted by atomic mass is 19.1. The van der Waals surface area contributed by atoms with Gasteiger partial charge < -0.3 is 9.67 Å². The number of hydrogen-bond acceptors (Lipinski definition) is 1. The van der Waals surface area contributed by atoms with E-state index in [9.17, 15) is 9.18 Å². The Kier molecular flexibility index (Phi) is 3.42. The van der Waals surface area contributed by atoms with E-state index in [0.717, 1.165) is 18.5 Å². The second-order valence-corrected chi connectivity index (χ2v) is 4.03. The zero-order valence-electron chi connectivity index (χ0n) is 9.40. The third kappa shape index (κ3) is 2.64. The molecule has 0 spiro atoms. The number of hydrogen-bond donors (Lipinski definition) is 1. The molecule has 1 aromatic heterocycles. The average molecular weight is 235 g/mol. The van der Waals surface area contributed by atoms with Crippen LogP contribution in [-0.2, 0) is 11.3 Å². The molecule has 0 unspecified atom stereocenters. The van der Waals surface area contributed by atoms with Crippen molar-refractivity contribution < 1.29 is 14.3 Å². The zero-order chi connectivity index (χ0) is 12.3. The van der Waals surface area contributed by atoms with Crippen LogP contribution in [0.3, 0.4) is 0 Å². The first-order valence-electron chi connectivity index (χ1n) is 5.63. The Bertz CT molecular complexity index is 533. The molecule has 4 heteroatoms. The fourth-order valence-electron chi connectivity index (χ4n) is 1.94. The van der Waals surface area contributed by atoms with E-state index in [2.05, 4.69) is 0 Å². The van der Waals surface area contributed by atoms with Crippen molar-refractivity contribution in [3.05, 3.63) is 36.3 Å². The Hall–Kier alpha value is -1.84. The molecule has 1 N–H and O–H groups in total. The van der Waals surface area contributed by atoms with Crippen molar-refractivity contribution in [1.29, 1.82) is 0 Å². The quantitative estimate of drug-likeness (QED) is 0.809. The van der Waals surface area contributed by atoms with E-state index < -0.39 is 5.97 Å². The van der Waals surface area contributed by atoms with E-state index in [1.165, 1.54) is 6.07 Å². The van der Waals surface area contributed by atoms with Crippen LogP contribution in [0.5, 0.6) is 0 Å². The number of carboxylic acids is 1. The molecule has 1 heterocycles. The van der Waals surface area contributed by atoms with Crippen LogP contribution in [0.15, 0.2) is 30.5 Å². The minimum atomic E-state index is -0.770. The highest BCUT2D eigenvalue weighted by molar-refractivity contribution is 5.80. The minimum Gasteiger partial charge on any atom is -0.481 e. The molecule has 0 saturated heterocycles. The molecule has 2 rings (SSSR count). The van der Waals surface area contributed by atoms with Crippen molar-refractivity contribution in [2.24, 2.45) is 0 Å². The van der Waals surface area contributed by atoms with Crippen molar-refractivity contribution >= 4 is 16.9 Å². The summed E-state index contributed by atoms with van der Waals surface area (Å²) in [6, 6.07) is 6.75. The number of benzene rings is 1. The van der Waals surface area contributed by atoms with Crippen LogP contribution in [0.4, 0.5) is 4.39 Å². The standard InChI is InChI=1S/C13H14FNO2/c14-11-4-3-5-12-10(11)7-9-15(12)8-2-1-6-13(16)17/h3-5,7,9H,1-2,6,8H2,(H,16,17). The van der Waals surface area contributed by atoms with E-state index >= 15 is 0 Å². The lowest BCUT2D eigenvalue weighted by Crippen LogP contribution is -1.99. The van der Waals surface area contributed by atoms with Gasteiger partial charge in [0.2, 0.25) is 0 Å². The Morgan fingerprint density at radius 1 is 1.29 bits per heavy atom. The van der Waals surface area contributed by atoms with Gasteiger partial charge in [-0.05, 0) is 31.0 Å². The van der Waals surface area contributed by atoms with Gasteiger partial charge in [0.05, 0.1) is 5.52 Å². The maximum atomic E-state index is 13.4. The maximum Gasteiger partial charge on any atom is 0.303 e. The Morgan fingerprint density at radius 2 is 2.12 bits per heavy atom. The lowest BCUT2D eigenvalue weighted by molar-refractivity contribution is -0.137. The van der Waals surface area contributed by atoms with Gasteiger partial charge in [0.1, 0.15) is 5.82 Å². The molecule has 0 fully saturated rings. The smallest absolute Gasteiger partial charge is 0.303 e. The third-order valence-electron chi connectivity index (χ3n) is 2.80. The highest BCUT2D eigenvalue weighted by Crippen LogP contribution is 2.19. The van der Waals surface area contributed by atoms with Crippen molar-refractivity contribution in [3.8, 4) is 0 Å². The normalized spacial score (nSPS) is 10.9. The van der Waals surface area contributed by atoms with Gasteiger partial charge in [0.15, 0.2) is 0 Å². The molecule has 0 radical (unpaired) electrons. The van der Waals surface area contributed by atoms with Crippen molar-refractivity contribution in [1.82, 2.24) is 4.57 Å². The summed E-state index contributed by atoms with van der Waals surface area (Å²) in [5, 5.41) is 9.14. The van der Waals surface area contributed by atoms with Crippen LogP contribution in [0, 0.1) is 5.82 Å². The molecular formula is C13H14FNO2. The van der Waals surface area contributed by atoms with E-state index in [-0.39, 0.29) is 12.2 Å². The zero-order valence-corrected chi connectivity index (χ0v) is 9.40. The molecule has 17 heavy (non-hydrogen) atoms. The Labute approximate surface area is 98.5 Å². The van der Waals surface area contributed by atoms with Gasteiger partial charge in [0.25, 0.3) is 0 Å². The number of unbranched alkanes of at least 4 members (excludes halogenated alkanes) is 1. The van der Waals surface area contributed by atoms with Gasteiger partial charge in [-0.15, -0.1) is 0 Å². The summed E-state index contributed by atoms with van der Waals surface area (Å²) >= 11 is 0. The summed E-state index contributed by atoms with van der Waals surface area (Å²) in [5.41, 5.74) is 0.861. The predicted molar refractivity (Wildman–Crippen MR) is 63.4 cm³/mol. The number of rotatable bonds is 5. The average Bonchev–Trinajstić information content (AvgIpc) is 2.69. The van der Waals surface area contributed by atoms with Crippen molar-refractivity contribution in [2.45, 2.75) is 25.8 Å². The molecule has 0 aliphatic rings. The van der Waals surface area contributed by atoms with Crippen LogP contribution in [0.1, 0.15) is 19.3 Å². The second-order valence-electron chi connectivity index (χ2n) is 4.03. The van der Waals surface area contributed by atoms with Crippen molar-refractivity contribution in [2.75, 3.05) is 0 Å². The van der Waals surface area contributed by atoms with Gasteiger partial charge in [-0.2, -0.15) is 0 Å². The van der Waals surface area contributed by atoms with Crippen LogP contribution < -0.4 is 0 Å². The van der Waals surface area contributed by atoms with Crippen LogP contribution >= 0.6 is 0 Å². The van der Waals surface area contributed by atoms with Gasteiger partial charge in [0, 0.05) is 24.5 Å². The molecule has 0 aliphatic heterocycles. The van der Waals surface area contributed by atoms with E-state index in [1.54, 1.807) is 12.1 Å². The molecular weight excluding hydrogens is 221 g/mol. The van der Waals surface area contributed by atoms with Crippen LogP contribution in [-0.4, -0.2) is 15.6 Å². The first-order chi connectivity index (χ1) is 8.18. The summed E-state index contributed by atoms with van der Waals surface area (Å²) < 4.78 is 15.4. The molecule has 0 bridgehead atoms. The van der Waals surface area contributed by atoms with Gasteiger partial charge in [-0.3, -0.25) is 4.79 Å². The molecule has 1 aromatic carbocycles. The number of nitrogens with zero attached hydrogens (tertiary/aromatic N) is 1. The maximum absolute atomic E-state index is 13.4. The van der Waals surface area contributed by atoms with Crippen LogP contribution in [0.2, 0.25) is 0 Å². The monoisotopic (exact) mass is 235 g/mol. The second kappa shape index (κ2) is 4.99. The first-order valence-corrected chi connectivity index (χ1v) is 5.63. The number of aryl methyl sites for hydroxylation is 1. The lowest BCUT2D eigenvalue weighted by atomic mass is 10.2. The Morgan fingerprint density at radius 3 is 2.88 bits per heavy atom. The molecule has 0 atom stereocenters. The van der Waals surface area contributed by atoms with Gasteiger partial charge in [-0.25, -0.2) is 4.39 Å².